The number of para-hydroxylation sites is 1. The highest BCUT2D eigenvalue weighted by molar-refractivity contribution is 5.96. The Balaban J connectivity index is 1.80. The topological polar surface area (TPSA) is 49.9 Å². The largest absolute Gasteiger partial charge is 0.491 e. The van der Waals surface area contributed by atoms with Gasteiger partial charge in [-0.15, -0.1) is 0 Å². The Bertz CT molecular complexity index is 758. The molecule has 5 nitrogen and oxygen atoms in total. The fourth-order valence-electron chi connectivity index (χ4n) is 2.70. The van der Waals surface area contributed by atoms with E-state index in [-0.39, 0.29) is 18.2 Å². The highest BCUT2D eigenvalue weighted by Gasteiger charge is 2.21. The summed E-state index contributed by atoms with van der Waals surface area (Å²) in [5, 5.41) is 0. The summed E-state index contributed by atoms with van der Waals surface area (Å²) in [5.41, 5.74) is 2.42. The summed E-state index contributed by atoms with van der Waals surface area (Å²) in [4.78, 5) is 27.7. The number of anilines is 2. The van der Waals surface area contributed by atoms with Gasteiger partial charge < -0.3 is 14.5 Å². The van der Waals surface area contributed by atoms with Gasteiger partial charge in [0.15, 0.2) is 0 Å². The number of nitrogens with zero attached hydrogens (tertiary/aromatic N) is 2. The van der Waals surface area contributed by atoms with Gasteiger partial charge >= 0.3 is 0 Å². The molecule has 2 aromatic carbocycles. The van der Waals surface area contributed by atoms with Crippen LogP contribution < -0.4 is 14.5 Å². The third kappa shape index (κ3) is 3.25. The van der Waals surface area contributed by atoms with E-state index < -0.39 is 0 Å². The van der Waals surface area contributed by atoms with Gasteiger partial charge in [-0.2, -0.15) is 0 Å². The van der Waals surface area contributed by atoms with E-state index in [0.717, 1.165) is 11.3 Å². The zero-order valence-corrected chi connectivity index (χ0v) is 13.9. The van der Waals surface area contributed by atoms with Crippen LogP contribution in [-0.4, -0.2) is 32.5 Å². The number of fused-ring (bicyclic) bond motifs is 1. The highest BCUT2D eigenvalue weighted by Crippen LogP contribution is 2.31. The third-order valence-electron chi connectivity index (χ3n) is 4.21. The molecule has 0 spiro atoms. The Labute approximate surface area is 141 Å². The molecule has 1 aliphatic rings. The van der Waals surface area contributed by atoms with E-state index in [1.807, 2.05) is 48.5 Å². The molecule has 5 heteroatoms. The van der Waals surface area contributed by atoms with Gasteiger partial charge in [0.2, 0.25) is 11.8 Å². The normalized spacial score (nSPS) is 13.8. The van der Waals surface area contributed by atoms with Gasteiger partial charge in [0.1, 0.15) is 5.75 Å². The monoisotopic (exact) mass is 324 g/mol. The van der Waals surface area contributed by atoms with E-state index in [1.54, 1.807) is 23.9 Å². The first-order chi connectivity index (χ1) is 11.6. The number of hydrogen-bond acceptors (Lipinski definition) is 3. The summed E-state index contributed by atoms with van der Waals surface area (Å²) in [7, 11) is 3.50. The maximum atomic E-state index is 12.5. The van der Waals surface area contributed by atoms with Crippen molar-refractivity contribution in [2.24, 2.45) is 0 Å². The summed E-state index contributed by atoms with van der Waals surface area (Å²) in [5.74, 6) is 0.680. The van der Waals surface area contributed by atoms with Crippen LogP contribution >= 0.6 is 0 Å². The Morgan fingerprint density at radius 2 is 1.96 bits per heavy atom. The molecule has 3 rings (SSSR count). The smallest absolute Gasteiger partial charge is 0.231 e. The molecular formula is C19H20N2O3. The molecule has 0 bridgehead atoms. The van der Waals surface area contributed by atoms with Crippen LogP contribution in [0.15, 0.2) is 48.5 Å². The molecule has 0 radical (unpaired) electrons. The number of ether oxygens (including phenoxy) is 1. The fourth-order valence-corrected chi connectivity index (χ4v) is 2.70. The lowest BCUT2D eigenvalue weighted by Gasteiger charge is -2.19. The van der Waals surface area contributed by atoms with E-state index in [4.69, 9.17) is 4.74 Å². The highest BCUT2D eigenvalue weighted by atomic mass is 16.5. The average Bonchev–Trinajstić information content (AvgIpc) is 2.74. The Kier molecular flexibility index (Phi) is 4.51. The van der Waals surface area contributed by atoms with Crippen LogP contribution in [0.3, 0.4) is 0 Å². The Morgan fingerprint density at radius 3 is 2.71 bits per heavy atom. The zero-order chi connectivity index (χ0) is 17.1. The predicted molar refractivity (Wildman–Crippen MR) is 93.5 cm³/mol. The molecule has 0 unspecified atom stereocenters. The van der Waals surface area contributed by atoms with Gasteiger partial charge in [-0.05, 0) is 29.8 Å². The molecule has 0 N–H and O–H groups in total. The zero-order valence-electron chi connectivity index (χ0n) is 13.9. The molecule has 0 aliphatic carbocycles. The molecule has 0 saturated heterocycles. The Hall–Kier alpha value is -2.82. The van der Waals surface area contributed by atoms with Crippen molar-refractivity contribution in [3.05, 3.63) is 54.1 Å². The molecule has 24 heavy (non-hydrogen) atoms. The minimum atomic E-state index is -0.00956. The van der Waals surface area contributed by atoms with Crippen molar-refractivity contribution >= 4 is 23.2 Å². The maximum absolute atomic E-state index is 12.5. The number of carbonyl (C=O) groups excluding carboxylic acids is 2. The van der Waals surface area contributed by atoms with Gasteiger partial charge in [0.25, 0.3) is 0 Å². The van der Waals surface area contributed by atoms with Crippen LogP contribution in [0.2, 0.25) is 0 Å². The molecule has 2 amide bonds. The van der Waals surface area contributed by atoms with Gasteiger partial charge in [0.05, 0.1) is 25.1 Å². The second kappa shape index (κ2) is 6.74. The molecule has 1 aliphatic heterocycles. The molecule has 0 saturated carbocycles. The molecule has 0 aromatic heterocycles. The number of rotatable bonds is 3. The van der Waals surface area contributed by atoms with E-state index in [1.165, 1.54) is 0 Å². The van der Waals surface area contributed by atoms with E-state index >= 15 is 0 Å². The summed E-state index contributed by atoms with van der Waals surface area (Å²) >= 11 is 0. The second-order valence-corrected chi connectivity index (χ2v) is 5.82. The molecular weight excluding hydrogens is 304 g/mol. The minimum Gasteiger partial charge on any atom is -0.491 e. The van der Waals surface area contributed by atoms with Crippen LogP contribution in [0.25, 0.3) is 0 Å². The summed E-state index contributed by atoms with van der Waals surface area (Å²) < 4.78 is 5.61. The standard InChI is InChI=1S/C19H20N2O3/c1-20(15-6-4-3-5-7-15)19(23)13-14-8-9-17-16(12-14)21(2)18(22)10-11-24-17/h3-9,12H,10-11,13H2,1-2H3. The second-order valence-electron chi connectivity index (χ2n) is 5.82. The molecule has 2 aromatic rings. The summed E-state index contributed by atoms with van der Waals surface area (Å²) in [6.07, 6.45) is 0.622. The fraction of sp³-hybridized carbons (Fsp3) is 0.263. The molecule has 1 heterocycles. The number of benzene rings is 2. The number of hydrogen-bond donors (Lipinski definition) is 0. The van der Waals surface area contributed by atoms with Crippen LogP contribution in [0.4, 0.5) is 11.4 Å². The summed E-state index contributed by atoms with van der Waals surface area (Å²) in [6.45, 7) is 0.380. The van der Waals surface area contributed by atoms with Crippen molar-refractivity contribution in [1.82, 2.24) is 0 Å². The lowest BCUT2D eigenvalue weighted by molar-refractivity contribution is -0.118. The van der Waals surface area contributed by atoms with Crippen molar-refractivity contribution < 1.29 is 14.3 Å². The van der Waals surface area contributed by atoms with Crippen LogP contribution in [0.5, 0.6) is 5.75 Å². The molecule has 124 valence electrons. The van der Waals surface area contributed by atoms with Crippen molar-refractivity contribution in [2.45, 2.75) is 12.8 Å². The van der Waals surface area contributed by atoms with Crippen molar-refractivity contribution in [3.63, 3.8) is 0 Å². The van der Waals surface area contributed by atoms with Gasteiger partial charge in [-0.1, -0.05) is 24.3 Å². The SMILES string of the molecule is CN(C(=O)Cc1ccc2c(c1)N(C)C(=O)CCO2)c1ccccc1. The van der Waals surface area contributed by atoms with Gasteiger partial charge in [-0.3, -0.25) is 9.59 Å². The van der Waals surface area contributed by atoms with Crippen molar-refractivity contribution in [2.75, 3.05) is 30.5 Å². The van der Waals surface area contributed by atoms with Crippen molar-refractivity contribution in [3.8, 4) is 5.75 Å². The number of likely N-dealkylation sites (N-methyl/N-ethyl adjacent to an activating group) is 1. The number of carbonyl (C=O) groups is 2. The maximum Gasteiger partial charge on any atom is 0.231 e. The quantitative estimate of drug-likeness (QED) is 0.872. The molecule has 0 fully saturated rings. The number of amides is 2. The van der Waals surface area contributed by atoms with Gasteiger partial charge in [-0.25, -0.2) is 0 Å². The van der Waals surface area contributed by atoms with Crippen molar-refractivity contribution in [1.29, 1.82) is 0 Å². The van der Waals surface area contributed by atoms with Crippen LogP contribution in [-0.2, 0) is 16.0 Å². The van der Waals surface area contributed by atoms with Crippen LogP contribution in [0.1, 0.15) is 12.0 Å². The first-order valence-electron chi connectivity index (χ1n) is 7.90. The lowest BCUT2D eigenvalue weighted by atomic mass is 10.1. The van der Waals surface area contributed by atoms with E-state index in [0.29, 0.717) is 24.5 Å². The summed E-state index contributed by atoms with van der Waals surface area (Å²) in [6, 6.07) is 15.1. The molecule has 0 atom stereocenters. The third-order valence-corrected chi connectivity index (χ3v) is 4.21. The van der Waals surface area contributed by atoms with E-state index in [2.05, 4.69) is 0 Å². The van der Waals surface area contributed by atoms with E-state index in [9.17, 15) is 9.59 Å². The Morgan fingerprint density at radius 1 is 1.21 bits per heavy atom. The predicted octanol–water partition coefficient (Wildman–Crippen LogP) is 2.64. The minimum absolute atomic E-state index is 0.00956. The average molecular weight is 324 g/mol. The first-order valence-corrected chi connectivity index (χ1v) is 7.90. The van der Waals surface area contributed by atoms with Gasteiger partial charge in [0, 0.05) is 19.8 Å². The van der Waals surface area contributed by atoms with Crippen LogP contribution in [0, 0.1) is 0 Å². The first kappa shape index (κ1) is 16.1. The lowest BCUT2D eigenvalue weighted by Crippen LogP contribution is -2.28.